The highest BCUT2D eigenvalue weighted by Crippen LogP contribution is 2.18. The van der Waals surface area contributed by atoms with Crippen LogP contribution in [0.15, 0.2) is 42.7 Å². The first-order valence-corrected chi connectivity index (χ1v) is 8.21. The number of benzene rings is 1. The summed E-state index contributed by atoms with van der Waals surface area (Å²) in [6.07, 6.45) is 3.44. The van der Waals surface area contributed by atoms with Crippen LogP contribution in [0.3, 0.4) is 0 Å². The van der Waals surface area contributed by atoms with Crippen LogP contribution in [0.2, 0.25) is 0 Å². The minimum Gasteiger partial charge on any atom is -0.389 e. The molecule has 1 saturated heterocycles. The molecule has 2 heterocycles. The van der Waals surface area contributed by atoms with Crippen LogP contribution < -0.4 is 0 Å². The van der Waals surface area contributed by atoms with Gasteiger partial charge in [-0.25, -0.2) is 0 Å². The number of aliphatic hydroxyl groups excluding tert-OH is 1. The molecule has 1 aliphatic rings. The van der Waals surface area contributed by atoms with Gasteiger partial charge in [0.1, 0.15) is 0 Å². The second kappa shape index (κ2) is 7.25. The van der Waals surface area contributed by atoms with E-state index in [1.165, 1.54) is 11.1 Å². The lowest BCUT2D eigenvalue weighted by molar-refractivity contribution is -0.0396. The van der Waals surface area contributed by atoms with Crippen molar-refractivity contribution in [3.8, 4) is 0 Å². The predicted molar refractivity (Wildman–Crippen MR) is 89.1 cm³/mol. The lowest BCUT2D eigenvalue weighted by atomic mass is 10.1. The van der Waals surface area contributed by atoms with E-state index >= 15 is 0 Å². The Morgan fingerprint density at radius 1 is 1.17 bits per heavy atom. The number of β-amino-alcohol motifs (C(OH)–C–C–N with tert-alkyl or cyclic N) is 1. The number of rotatable bonds is 6. The summed E-state index contributed by atoms with van der Waals surface area (Å²) in [4.78, 5) is 2.25. The van der Waals surface area contributed by atoms with Crippen LogP contribution in [-0.2, 0) is 17.8 Å². The van der Waals surface area contributed by atoms with E-state index in [-0.39, 0.29) is 12.2 Å². The Morgan fingerprint density at radius 3 is 2.48 bits per heavy atom. The number of aliphatic hydroxyl groups is 1. The van der Waals surface area contributed by atoms with E-state index < -0.39 is 6.10 Å². The maximum atomic E-state index is 10.1. The zero-order valence-corrected chi connectivity index (χ0v) is 13.8. The molecule has 1 aromatic heterocycles. The molecule has 0 amide bonds. The lowest BCUT2D eigenvalue weighted by Crippen LogP contribution is -2.29. The minimum atomic E-state index is -0.392. The summed E-state index contributed by atoms with van der Waals surface area (Å²) in [6.45, 7) is 7.11. The second-order valence-electron chi connectivity index (χ2n) is 6.50. The fourth-order valence-electron chi connectivity index (χ4n) is 3.03. The van der Waals surface area contributed by atoms with Crippen molar-refractivity contribution < 1.29 is 9.84 Å². The molecule has 0 aliphatic carbocycles. The first-order chi connectivity index (χ1) is 11.1. The Morgan fingerprint density at radius 2 is 1.87 bits per heavy atom. The van der Waals surface area contributed by atoms with E-state index in [1.54, 1.807) is 6.20 Å². The van der Waals surface area contributed by atoms with Crippen molar-refractivity contribution in [1.29, 1.82) is 0 Å². The summed E-state index contributed by atoms with van der Waals surface area (Å²) < 4.78 is 7.68. The SMILES string of the molecule is CC(C)O[C@H]1CN(Cc2ccc(Cn3cccn3)cc2)C[C@@H]1O. The van der Waals surface area contributed by atoms with Gasteiger partial charge in [-0.05, 0) is 31.0 Å². The van der Waals surface area contributed by atoms with Crippen LogP contribution >= 0.6 is 0 Å². The van der Waals surface area contributed by atoms with Gasteiger partial charge in [0.2, 0.25) is 0 Å². The highest BCUT2D eigenvalue weighted by atomic mass is 16.5. The van der Waals surface area contributed by atoms with Crippen molar-refractivity contribution in [2.24, 2.45) is 0 Å². The molecule has 2 aromatic rings. The molecule has 1 N–H and O–H groups in total. The molecule has 1 aliphatic heterocycles. The summed E-state index contributed by atoms with van der Waals surface area (Å²) >= 11 is 0. The normalized spacial score (nSPS) is 22.1. The minimum absolute atomic E-state index is 0.0749. The average Bonchev–Trinajstić information content (AvgIpc) is 3.11. The lowest BCUT2D eigenvalue weighted by Gasteiger charge is -2.18. The summed E-state index contributed by atoms with van der Waals surface area (Å²) in [5.41, 5.74) is 2.49. The summed E-state index contributed by atoms with van der Waals surface area (Å²) in [5, 5.41) is 14.3. The molecule has 2 atom stereocenters. The van der Waals surface area contributed by atoms with Gasteiger partial charge in [0, 0.05) is 32.0 Å². The molecule has 0 spiro atoms. The van der Waals surface area contributed by atoms with E-state index in [1.807, 2.05) is 30.8 Å². The van der Waals surface area contributed by atoms with Crippen LogP contribution in [0.4, 0.5) is 0 Å². The van der Waals surface area contributed by atoms with Gasteiger partial charge in [-0.15, -0.1) is 0 Å². The molecule has 0 unspecified atom stereocenters. The molecular formula is C18H25N3O2. The van der Waals surface area contributed by atoms with Crippen LogP contribution in [0.5, 0.6) is 0 Å². The Hall–Kier alpha value is -1.69. The Labute approximate surface area is 137 Å². The van der Waals surface area contributed by atoms with Crippen molar-refractivity contribution in [2.45, 2.75) is 45.2 Å². The van der Waals surface area contributed by atoms with Gasteiger partial charge < -0.3 is 9.84 Å². The van der Waals surface area contributed by atoms with Crippen molar-refractivity contribution >= 4 is 0 Å². The van der Waals surface area contributed by atoms with Crippen LogP contribution in [0.25, 0.3) is 0 Å². The van der Waals surface area contributed by atoms with Crippen molar-refractivity contribution in [2.75, 3.05) is 13.1 Å². The quantitative estimate of drug-likeness (QED) is 0.884. The number of likely N-dealkylation sites (tertiary alicyclic amines) is 1. The van der Waals surface area contributed by atoms with Gasteiger partial charge in [0.15, 0.2) is 0 Å². The molecule has 5 nitrogen and oxygen atoms in total. The van der Waals surface area contributed by atoms with Crippen LogP contribution in [0, 0.1) is 0 Å². The number of nitrogens with zero attached hydrogens (tertiary/aromatic N) is 3. The molecule has 5 heteroatoms. The van der Waals surface area contributed by atoms with Gasteiger partial charge >= 0.3 is 0 Å². The van der Waals surface area contributed by atoms with Crippen molar-refractivity contribution in [1.82, 2.24) is 14.7 Å². The van der Waals surface area contributed by atoms with Gasteiger partial charge in [-0.3, -0.25) is 9.58 Å². The zero-order chi connectivity index (χ0) is 16.2. The van der Waals surface area contributed by atoms with E-state index in [9.17, 15) is 5.11 Å². The number of ether oxygens (including phenoxy) is 1. The largest absolute Gasteiger partial charge is 0.389 e. The van der Waals surface area contributed by atoms with Gasteiger partial charge in [-0.2, -0.15) is 5.10 Å². The van der Waals surface area contributed by atoms with Gasteiger partial charge in [0.05, 0.1) is 24.9 Å². The van der Waals surface area contributed by atoms with E-state index in [0.717, 1.165) is 19.6 Å². The highest BCUT2D eigenvalue weighted by Gasteiger charge is 2.32. The average molecular weight is 315 g/mol. The Balaban J connectivity index is 1.54. The zero-order valence-electron chi connectivity index (χ0n) is 13.8. The predicted octanol–water partition coefficient (Wildman–Crippen LogP) is 1.90. The number of hydrogen-bond acceptors (Lipinski definition) is 4. The topological polar surface area (TPSA) is 50.5 Å². The number of aromatic nitrogens is 2. The Kier molecular flexibility index (Phi) is 5.10. The van der Waals surface area contributed by atoms with E-state index in [2.05, 4.69) is 34.3 Å². The molecule has 0 bridgehead atoms. The molecule has 0 saturated carbocycles. The van der Waals surface area contributed by atoms with E-state index in [0.29, 0.717) is 6.54 Å². The molecular weight excluding hydrogens is 290 g/mol. The van der Waals surface area contributed by atoms with Crippen molar-refractivity contribution in [3.63, 3.8) is 0 Å². The smallest absolute Gasteiger partial charge is 0.0976 e. The molecule has 0 radical (unpaired) electrons. The molecule has 23 heavy (non-hydrogen) atoms. The van der Waals surface area contributed by atoms with Crippen LogP contribution in [-0.4, -0.2) is 51.2 Å². The maximum absolute atomic E-state index is 10.1. The number of hydrogen-bond donors (Lipinski definition) is 1. The summed E-state index contributed by atoms with van der Waals surface area (Å²) in [5.74, 6) is 0. The molecule has 3 rings (SSSR count). The van der Waals surface area contributed by atoms with Crippen molar-refractivity contribution in [3.05, 3.63) is 53.9 Å². The summed E-state index contributed by atoms with van der Waals surface area (Å²) in [6, 6.07) is 10.5. The van der Waals surface area contributed by atoms with Gasteiger partial charge in [-0.1, -0.05) is 24.3 Å². The molecule has 1 fully saturated rings. The van der Waals surface area contributed by atoms with Crippen LogP contribution in [0.1, 0.15) is 25.0 Å². The molecule has 124 valence electrons. The maximum Gasteiger partial charge on any atom is 0.0976 e. The monoisotopic (exact) mass is 315 g/mol. The first-order valence-electron chi connectivity index (χ1n) is 8.21. The second-order valence-corrected chi connectivity index (χ2v) is 6.50. The first kappa shape index (κ1) is 16.2. The summed E-state index contributed by atoms with van der Waals surface area (Å²) in [7, 11) is 0. The Bertz CT molecular complexity index is 595. The van der Waals surface area contributed by atoms with Gasteiger partial charge in [0.25, 0.3) is 0 Å². The van der Waals surface area contributed by atoms with E-state index in [4.69, 9.17) is 4.74 Å². The third kappa shape index (κ3) is 4.41. The third-order valence-electron chi connectivity index (χ3n) is 4.09. The fourth-order valence-corrected chi connectivity index (χ4v) is 3.03. The molecule has 1 aromatic carbocycles. The third-order valence-corrected chi connectivity index (χ3v) is 4.09. The fraction of sp³-hybridized carbons (Fsp3) is 0.500. The highest BCUT2D eigenvalue weighted by molar-refractivity contribution is 5.23. The standard InChI is InChI=1S/C18H25N3O2/c1-14(2)23-18-13-20(12-17(18)22)10-15-4-6-16(7-5-15)11-21-9-3-8-19-21/h3-9,14,17-18,22H,10-13H2,1-2H3/t17-,18-/m0/s1.